The Kier molecular flexibility index (Phi) is 16.5. The van der Waals surface area contributed by atoms with Gasteiger partial charge in [0.2, 0.25) is 0 Å². The van der Waals surface area contributed by atoms with Gasteiger partial charge in [-0.2, -0.15) is 33.7 Å². The molecule has 15 nitrogen and oxygen atoms in total. The van der Waals surface area contributed by atoms with Crippen LogP contribution < -0.4 is 10.2 Å². The number of fused-ring (bicyclic) bond motifs is 1. The van der Waals surface area contributed by atoms with E-state index in [1.54, 1.807) is 24.3 Å². The number of halogens is 1. The van der Waals surface area contributed by atoms with Gasteiger partial charge < -0.3 is 15.0 Å². The first kappa shape index (κ1) is 47.7. The van der Waals surface area contributed by atoms with Crippen molar-refractivity contribution in [2.45, 2.75) is 90.3 Å². The summed E-state index contributed by atoms with van der Waals surface area (Å²) in [4.78, 5) is 12.1. The molecule has 0 radical (unpaired) electrons. The van der Waals surface area contributed by atoms with Crippen molar-refractivity contribution in [2.75, 3.05) is 34.8 Å². The van der Waals surface area contributed by atoms with Crippen molar-refractivity contribution < 1.29 is 56.7 Å². The molecule has 0 spiro atoms. The molecule has 5 N–H and O–H groups in total. The lowest BCUT2D eigenvalue weighted by atomic mass is 9.77. The number of benzene rings is 2. The number of aldehydes is 1. The van der Waals surface area contributed by atoms with Gasteiger partial charge in [0.15, 0.2) is 0 Å². The van der Waals surface area contributed by atoms with E-state index in [9.17, 15) is 52.1 Å². The molecule has 1 heterocycles. The summed E-state index contributed by atoms with van der Waals surface area (Å²) in [7, 11) is -17.5. The highest BCUT2D eigenvalue weighted by atomic mass is 127. The molecule has 2 atom stereocenters. The van der Waals surface area contributed by atoms with Crippen LogP contribution in [-0.4, -0.2) is 86.7 Å². The van der Waals surface area contributed by atoms with Crippen molar-refractivity contribution in [2.24, 2.45) is 0 Å². The maximum Gasteiger partial charge on any atom is 0.294 e. The molecule has 1 aliphatic rings. The van der Waals surface area contributed by atoms with Crippen molar-refractivity contribution >= 4 is 80.7 Å². The SMILES string of the molecule is CC1(CCCCCC=O)/C(=C/C=C/C=C/C(I)C(C)(C)c2cc(S(=O)(=O)O)ccc2NCCCS(=O)(=O)O)N(CCCS(=O)(=O)O)c2ccc(S(=O)(=O)O)cc21. The average Bonchev–Trinajstić information content (AvgIpc) is 3.30. The number of hydrogen-bond donors (Lipinski definition) is 5. The number of nitrogens with one attached hydrogen (secondary N) is 1. The first-order valence-corrected chi connectivity index (χ1v) is 24.9. The fourth-order valence-corrected chi connectivity index (χ4v) is 9.19. The highest BCUT2D eigenvalue weighted by Crippen LogP contribution is 2.51. The lowest BCUT2D eigenvalue weighted by Crippen LogP contribution is -2.30. The van der Waals surface area contributed by atoms with E-state index in [1.807, 2.05) is 37.8 Å². The van der Waals surface area contributed by atoms with Crippen LogP contribution >= 0.6 is 22.6 Å². The topological polar surface area (TPSA) is 250 Å². The normalized spacial score (nSPS) is 18.2. The van der Waals surface area contributed by atoms with E-state index in [-0.39, 0.29) is 39.6 Å². The van der Waals surface area contributed by atoms with Gasteiger partial charge in [0.25, 0.3) is 40.5 Å². The average molecular weight is 973 g/mol. The Bertz CT molecular complexity index is 2270. The molecule has 1 aliphatic heterocycles. The molecular weight excluding hydrogens is 924 g/mol. The summed E-state index contributed by atoms with van der Waals surface area (Å²) in [5.74, 6) is -0.972. The van der Waals surface area contributed by atoms with Gasteiger partial charge in [-0.15, -0.1) is 0 Å². The molecule has 56 heavy (non-hydrogen) atoms. The van der Waals surface area contributed by atoms with Gasteiger partial charge in [0, 0.05) is 51.3 Å². The third-order valence-electron chi connectivity index (χ3n) is 9.61. The van der Waals surface area contributed by atoms with Crippen molar-refractivity contribution in [3.63, 3.8) is 0 Å². The highest BCUT2D eigenvalue weighted by molar-refractivity contribution is 14.1. The van der Waals surface area contributed by atoms with Crippen molar-refractivity contribution in [1.29, 1.82) is 0 Å². The first-order chi connectivity index (χ1) is 25.8. The minimum Gasteiger partial charge on any atom is -0.385 e. The lowest BCUT2D eigenvalue weighted by Gasteiger charge is -2.32. The minimum atomic E-state index is -4.56. The van der Waals surface area contributed by atoms with Crippen LogP contribution in [0, 0.1) is 0 Å². The van der Waals surface area contributed by atoms with Gasteiger partial charge in [0.1, 0.15) is 6.29 Å². The van der Waals surface area contributed by atoms with Crippen LogP contribution in [0.1, 0.15) is 76.8 Å². The molecule has 0 saturated carbocycles. The van der Waals surface area contributed by atoms with Gasteiger partial charge in [0.05, 0.1) is 21.3 Å². The largest absolute Gasteiger partial charge is 0.385 e. The van der Waals surface area contributed by atoms with Gasteiger partial charge in [-0.05, 0) is 86.2 Å². The van der Waals surface area contributed by atoms with Crippen molar-refractivity contribution in [1.82, 2.24) is 0 Å². The summed E-state index contributed by atoms with van der Waals surface area (Å²) in [5, 5.41) is 3.10. The molecule has 0 fully saturated rings. The Hall–Kier alpha value is -2.70. The standard InChI is InChI=1S/C36H49IN2O13S4/c1-35(2,29-25-27(55(47,48)49)15-17-31(29)38-20-11-23-53(41,42)43)33(37)13-7-6-8-14-34-36(3,19-9-4-5-10-22-40)30-26-28(56(50,51)52)16-18-32(30)39(34)21-12-24-54(44,45)46/h6-8,13-18,22,25-26,33,38H,4-5,9-12,19-21,23-24H2,1-3H3,(H,41,42,43)(H,44,45,46)(H,47,48,49)(H,50,51,52)/b8-6+,13-7+,34-14-. The number of carbonyl (C=O) groups is 1. The molecule has 2 aromatic carbocycles. The van der Waals surface area contributed by atoms with Crippen molar-refractivity contribution in [3.8, 4) is 0 Å². The molecule has 2 unspecified atom stereocenters. The Morgan fingerprint density at radius 3 is 2.02 bits per heavy atom. The second-order valence-corrected chi connectivity index (χ2v) is 21.6. The van der Waals surface area contributed by atoms with Gasteiger partial charge in [-0.1, -0.05) is 73.6 Å². The Morgan fingerprint density at radius 1 is 0.804 bits per heavy atom. The Labute approximate surface area is 343 Å². The quantitative estimate of drug-likeness (QED) is 0.0222. The second-order valence-electron chi connectivity index (χ2n) is 14.2. The fraction of sp³-hybridized carbons (Fsp3) is 0.472. The molecule has 2 aromatic rings. The maximum atomic E-state index is 12.2. The van der Waals surface area contributed by atoms with Crippen LogP contribution in [0.2, 0.25) is 0 Å². The Balaban J connectivity index is 2.01. The van der Waals surface area contributed by atoms with Gasteiger partial charge in [-0.25, -0.2) is 0 Å². The molecule has 3 rings (SSSR count). The molecule has 0 aliphatic carbocycles. The number of rotatable bonds is 22. The zero-order valence-corrected chi connectivity index (χ0v) is 36.6. The van der Waals surface area contributed by atoms with Crippen molar-refractivity contribution in [3.05, 3.63) is 83.6 Å². The van der Waals surface area contributed by atoms with Crippen LogP contribution in [0.4, 0.5) is 11.4 Å². The number of alkyl halides is 1. The van der Waals surface area contributed by atoms with Gasteiger partial charge in [-0.3, -0.25) is 18.2 Å². The molecule has 0 aromatic heterocycles. The summed E-state index contributed by atoms with van der Waals surface area (Å²) in [6.45, 7) is 5.98. The maximum absolute atomic E-state index is 12.2. The third kappa shape index (κ3) is 13.4. The Morgan fingerprint density at radius 2 is 1.41 bits per heavy atom. The predicted octanol–water partition coefficient (Wildman–Crippen LogP) is 6.15. The van der Waals surface area contributed by atoms with E-state index in [2.05, 4.69) is 27.9 Å². The number of anilines is 2. The molecule has 0 amide bonds. The van der Waals surface area contributed by atoms with E-state index in [4.69, 9.17) is 4.55 Å². The van der Waals surface area contributed by atoms with Crippen LogP contribution in [0.15, 0.2) is 82.3 Å². The molecule has 20 heteroatoms. The molecule has 0 saturated heterocycles. The minimum absolute atomic E-state index is 0.0520. The number of unbranched alkanes of at least 4 members (excludes halogenated alkanes) is 3. The van der Waals surface area contributed by atoms with Gasteiger partial charge >= 0.3 is 0 Å². The number of hydrogen-bond acceptors (Lipinski definition) is 11. The van der Waals surface area contributed by atoms with Crippen LogP contribution in [0.25, 0.3) is 0 Å². The molecule has 312 valence electrons. The summed E-state index contributed by atoms with van der Waals surface area (Å²) in [6.07, 6.45) is 12.9. The van der Waals surface area contributed by atoms with E-state index in [0.29, 0.717) is 53.9 Å². The number of nitrogens with zero attached hydrogens (tertiary/aromatic N) is 1. The fourth-order valence-electron chi connectivity index (χ4n) is 6.59. The highest BCUT2D eigenvalue weighted by Gasteiger charge is 2.43. The van der Waals surface area contributed by atoms with Crippen LogP contribution in [0.5, 0.6) is 0 Å². The second kappa shape index (κ2) is 19.4. The van der Waals surface area contributed by atoms with Crippen LogP contribution in [0.3, 0.4) is 0 Å². The number of carbonyl (C=O) groups excluding carboxylic acids is 1. The van der Waals surface area contributed by atoms with E-state index in [1.165, 1.54) is 30.3 Å². The zero-order chi connectivity index (χ0) is 42.2. The lowest BCUT2D eigenvalue weighted by molar-refractivity contribution is -0.107. The van der Waals surface area contributed by atoms with E-state index >= 15 is 0 Å². The smallest absolute Gasteiger partial charge is 0.294 e. The monoisotopic (exact) mass is 972 g/mol. The van der Waals surface area contributed by atoms with Crippen LogP contribution in [-0.2, 0) is 56.1 Å². The van der Waals surface area contributed by atoms with E-state index in [0.717, 1.165) is 12.7 Å². The summed E-state index contributed by atoms with van der Waals surface area (Å²) >= 11 is 2.19. The summed E-state index contributed by atoms with van der Waals surface area (Å²) in [6, 6.07) is 8.29. The molecule has 0 bridgehead atoms. The predicted molar refractivity (Wildman–Crippen MR) is 224 cm³/mol. The molecular formula is C36H49IN2O13S4. The first-order valence-electron chi connectivity index (χ1n) is 17.6. The van der Waals surface area contributed by atoms with E-state index < -0.39 is 62.8 Å². The summed E-state index contributed by atoms with van der Waals surface area (Å²) in [5.41, 5.74) is 1.39. The number of allylic oxidation sites excluding steroid dienone is 6. The summed E-state index contributed by atoms with van der Waals surface area (Å²) < 4.78 is 132. The zero-order valence-electron chi connectivity index (χ0n) is 31.2. The third-order valence-corrected chi connectivity index (χ3v) is 14.9.